The number of aromatic nitrogens is 2. The van der Waals surface area contributed by atoms with E-state index in [-0.39, 0.29) is 5.91 Å². The second kappa shape index (κ2) is 6.25. The second-order valence-corrected chi connectivity index (χ2v) is 7.92. The molecule has 2 N–H and O–H groups in total. The monoisotopic (exact) mass is 361 g/mol. The zero-order valence-electron chi connectivity index (χ0n) is 14.3. The molecule has 0 fully saturated rings. The summed E-state index contributed by atoms with van der Waals surface area (Å²) < 4.78 is 1.15. The van der Waals surface area contributed by atoms with Crippen LogP contribution >= 0.6 is 11.3 Å². The van der Waals surface area contributed by atoms with Gasteiger partial charge in [0.25, 0.3) is 5.91 Å². The van der Waals surface area contributed by atoms with E-state index in [1.165, 1.54) is 29.5 Å². The zero-order chi connectivity index (χ0) is 17.5. The van der Waals surface area contributed by atoms with Crippen LogP contribution in [0.15, 0.2) is 42.5 Å². The molecule has 4 nitrogen and oxygen atoms in total. The number of nitrogens with one attached hydrogen (secondary N) is 2. The molecular formula is C21H19N3OS. The number of para-hydroxylation sites is 1. The molecule has 1 amide bonds. The molecule has 0 spiro atoms. The fourth-order valence-corrected chi connectivity index (χ4v) is 4.71. The van der Waals surface area contributed by atoms with E-state index in [0.29, 0.717) is 12.1 Å². The molecule has 0 saturated heterocycles. The van der Waals surface area contributed by atoms with Gasteiger partial charge in [-0.1, -0.05) is 12.1 Å². The number of thiazole rings is 1. The van der Waals surface area contributed by atoms with Gasteiger partial charge in [-0.15, -0.1) is 11.3 Å². The average molecular weight is 361 g/mol. The van der Waals surface area contributed by atoms with Gasteiger partial charge in [-0.2, -0.15) is 0 Å². The van der Waals surface area contributed by atoms with E-state index in [0.717, 1.165) is 33.6 Å². The number of nitrogens with zero attached hydrogens (tertiary/aromatic N) is 1. The molecule has 0 unspecified atom stereocenters. The molecule has 2 aromatic carbocycles. The summed E-state index contributed by atoms with van der Waals surface area (Å²) in [7, 11) is 0. The summed E-state index contributed by atoms with van der Waals surface area (Å²) in [6.45, 7) is 0.460. The quantitative estimate of drug-likeness (QED) is 0.561. The molecule has 0 aliphatic heterocycles. The van der Waals surface area contributed by atoms with Gasteiger partial charge < -0.3 is 10.3 Å². The van der Waals surface area contributed by atoms with Crippen molar-refractivity contribution < 1.29 is 4.79 Å². The fourth-order valence-electron chi connectivity index (χ4n) is 3.80. The molecule has 5 rings (SSSR count). The molecule has 2 heterocycles. The Balaban J connectivity index is 1.37. The van der Waals surface area contributed by atoms with E-state index < -0.39 is 0 Å². The highest BCUT2D eigenvalue weighted by atomic mass is 32.1. The predicted octanol–water partition coefficient (Wildman–Crippen LogP) is 4.59. The third kappa shape index (κ3) is 2.69. The van der Waals surface area contributed by atoms with Crippen molar-refractivity contribution in [3.8, 4) is 0 Å². The number of hydrogen-bond acceptors (Lipinski definition) is 3. The number of amides is 1. The number of benzene rings is 2. The van der Waals surface area contributed by atoms with Crippen molar-refractivity contribution in [2.45, 2.75) is 32.2 Å². The minimum atomic E-state index is -0.0445. The van der Waals surface area contributed by atoms with E-state index in [9.17, 15) is 4.79 Å². The molecule has 1 aliphatic rings. The first-order valence-corrected chi connectivity index (χ1v) is 9.86. The largest absolute Gasteiger partial charge is 0.358 e. The summed E-state index contributed by atoms with van der Waals surface area (Å²) in [5.74, 6) is -0.0445. The van der Waals surface area contributed by atoms with Crippen LogP contribution in [0.5, 0.6) is 0 Å². The van der Waals surface area contributed by atoms with Gasteiger partial charge in [-0.3, -0.25) is 4.79 Å². The van der Waals surface area contributed by atoms with Gasteiger partial charge in [0.15, 0.2) is 0 Å². The van der Waals surface area contributed by atoms with Crippen molar-refractivity contribution in [3.63, 3.8) is 0 Å². The first-order valence-electron chi connectivity index (χ1n) is 9.04. The number of rotatable bonds is 3. The minimum absolute atomic E-state index is 0.0445. The van der Waals surface area contributed by atoms with E-state index >= 15 is 0 Å². The summed E-state index contributed by atoms with van der Waals surface area (Å²) in [6.07, 6.45) is 4.69. The van der Waals surface area contributed by atoms with E-state index in [4.69, 9.17) is 0 Å². The van der Waals surface area contributed by atoms with Crippen molar-refractivity contribution in [3.05, 3.63) is 64.3 Å². The normalized spacial score (nSPS) is 13.8. The van der Waals surface area contributed by atoms with Crippen molar-refractivity contribution >= 4 is 38.4 Å². The Labute approximate surface area is 155 Å². The topological polar surface area (TPSA) is 57.8 Å². The Morgan fingerprint density at radius 3 is 2.96 bits per heavy atom. The lowest BCUT2D eigenvalue weighted by molar-refractivity contribution is 0.0951. The molecule has 0 bridgehead atoms. The van der Waals surface area contributed by atoms with Crippen molar-refractivity contribution in [2.75, 3.05) is 0 Å². The standard InChI is InChI=1S/C21H19N3OS/c25-21(22-12-20-24-18-7-3-4-8-19(18)26-20)13-9-10-17-15(11-13)14-5-1-2-6-16(14)23-17/h3-4,7-11,23H,1-2,5-6,12H2,(H,22,25). The maximum Gasteiger partial charge on any atom is 0.251 e. The molecule has 4 aromatic rings. The predicted molar refractivity (Wildman–Crippen MR) is 106 cm³/mol. The highest BCUT2D eigenvalue weighted by molar-refractivity contribution is 7.18. The van der Waals surface area contributed by atoms with Crippen LogP contribution in [0, 0.1) is 0 Å². The number of H-pyrrole nitrogens is 1. The van der Waals surface area contributed by atoms with Crippen LogP contribution in [0.4, 0.5) is 0 Å². The summed E-state index contributed by atoms with van der Waals surface area (Å²) >= 11 is 1.63. The number of fused-ring (bicyclic) bond motifs is 4. The first kappa shape index (κ1) is 15.6. The van der Waals surface area contributed by atoms with Crippen LogP contribution < -0.4 is 5.32 Å². The lowest BCUT2D eigenvalue weighted by Crippen LogP contribution is -2.22. The van der Waals surface area contributed by atoms with Gasteiger partial charge in [0.2, 0.25) is 0 Å². The number of aryl methyl sites for hydroxylation is 2. The Morgan fingerprint density at radius 2 is 2.04 bits per heavy atom. The SMILES string of the molecule is O=C(NCc1nc2ccccc2s1)c1ccc2[nH]c3c(c2c1)CCCC3. The van der Waals surface area contributed by atoms with Crippen LogP contribution in [0.25, 0.3) is 21.1 Å². The number of carbonyl (C=O) groups is 1. The van der Waals surface area contributed by atoms with Crippen LogP contribution in [-0.4, -0.2) is 15.9 Å². The molecule has 26 heavy (non-hydrogen) atoms. The Kier molecular flexibility index (Phi) is 3.75. The van der Waals surface area contributed by atoms with Crippen molar-refractivity contribution in [1.29, 1.82) is 0 Å². The van der Waals surface area contributed by atoms with Crippen molar-refractivity contribution in [1.82, 2.24) is 15.3 Å². The van der Waals surface area contributed by atoms with Crippen LogP contribution in [-0.2, 0) is 19.4 Å². The zero-order valence-corrected chi connectivity index (χ0v) is 15.2. The van der Waals surface area contributed by atoms with Crippen LogP contribution in [0.1, 0.15) is 39.5 Å². The number of carbonyl (C=O) groups excluding carboxylic acids is 1. The van der Waals surface area contributed by atoms with E-state index in [2.05, 4.69) is 21.4 Å². The van der Waals surface area contributed by atoms with Gasteiger partial charge in [0, 0.05) is 22.2 Å². The molecule has 0 radical (unpaired) electrons. The molecular weight excluding hydrogens is 342 g/mol. The summed E-state index contributed by atoms with van der Waals surface area (Å²) in [5.41, 5.74) is 5.58. The fraction of sp³-hybridized carbons (Fsp3) is 0.238. The maximum atomic E-state index is 12.6. The Hall–Kier alpha value is -2.66. The molecule has 130 valence electrons. The van der Waals surface area contributed by atoms with Crippen LogP contribution in [0.3, 0.4) is 0 Å². The van der Waals surface area contributed by atoms with Gasteiger partial charge in [0.05, 0.1) is 16.8 Å². The van der Waals surface area contributed by atoms with Gasteiger partial charge in [-0.05, 0) is 61.6 Å². The van der Waals surface area contributed by atoms with E-state index in [1.54, 1.807) is 11.3 Å². The van der Waals surface area contributed by atoms with Gasteiger partial charge in [0.1, 0.15) is 5.01 Å². The molecule has 0 saturated carbocycles. The van der Waals surface area contributed by atoms with Gasteiger partial charge in [-0.25, -0.2) is 4.98 Å². The van der Waals surface area contributed by atoms with E-state index in [1.807, 2.05) is 36.4 Å². The maximum absolute atomic E-state index is 12.6. The van der Waals surface area contributed by atoms with Crippen LogP contribution in [0.2, 0.25) is 0 Å². The Morgan fingerprint density at radius 1 is 1.15 bits per heavy atom. The summed E-state index contributed by atoms with van der Waals surface area (Å²) in [4.78, 5) is 20.7. The first-order chi connectivity index (χ1) is 12.8. The molecule has 0 atom stereocenters. The molecule has 1 aliphatic carbocycles. The lowest BCUT2D eigenvalue weighted by atomic mass is 9.95. The second-order valence-electron chi connectivity index (χ2n) is 6.81. The third-order valence-electron chi connectivity index (χ3n) is 5.10. The molecule has 2 aromatic heterocycles. The summed E-state index contributed by atoms with van der Waals surface area (Å²) in [5, 5.41) is 5.14. The molecule has 5 heteroatoms. The lowest BCUT2D eigenvalue weighted by Gasteiger charge is -2.10. The van der Waals surface area contributed by atoms with Crippen molar-refractivity contribution in [2.24, 2.45) is 0 Å². The van der Waals surface area contributed by atoms with Gasteiger partial charge >= 0.3 is 0 Å². The smallest absolute Gasteiger partial charge is 0.251 e. The highest BCUT2D eigenvalue weighted by Crippen LogP contribution is 2.29. The minimum Gasteiger partial charge on any atom is -0.358 e. The Bertz CT molecular complexity index is 1090. The number of hydrogen-bond donors (Lipinski definition) is 2. The number of aromatic amines is 1. The highest BCUT2D eigenvalue weighted by Gasteiger charge is 2.17. The third-order valence-corrected chi connectivity index (χ3v) is 6.13. The summed E-state index contributed by atoms with van der Waals surface area (Å²) in [6, 6.07) is 14.0. The average Bonchev–Trinajstić information content (AvgIpc) is 3.26.